The van der Waals surface area contributed by atoms with E-state index in [0.717, 1.165) is 5.82 Å². The predicted octanol–water partition coefficient (Wildman–Crippen LogP) is 4.00. The van der Waals surface area contributed by atoms with Crippen molar-refractivity contribution >= 4 is 0 Å². The molecule has 1 N–H and O–H groups in total. The molecule has 2 heteroatoms. The standard InChI is InChI=1S/C13H24N2/c1-6-7-8-13(4,5)11-9-14-12(15-11)10(2)3/h9-10H,6-8H2,1-5H3,(H,14,15). The average Bonchev–Trinajstić information content (AvgIpc) is 2.64. The zero-order valence-corrected chi connectivity index (χ0v) is 10.7. The molecule has 2 nitrogen and oxygen atoms in total. The first-order valence-corrected chi connectivity index (χ1v) is 6.02. The van der Waals surface area contributed by atoms with Crippen LogP contribution in [-0.2, 0) is 5.41 Å². The molecular weight excluding hydrogens is 184 g/mol. The summed E-state index contributed by atoms with van der Waals surface area (Å²) in [6.07, 6.45) is 5.77. The summed E-state index contributed by atoms with van der Waals surface area (Å²) >= 11 is 0. The molecule has 0 aliphatic carbocycles. The number of aromatic amines is 1. The Balaban J connectivity index is 2.76. The van der Waals surface area contributed by atoms with E-state index in [1.807, 2.05) is 6.20 Å². The minimum atomic E-state index is 0.232. The molecule has 15 heavy (non-hydrogen) atoms. The van der Waals surface area contributed by atoms with Crippen molar-refractivity contribution in [3.05, 3.63) is 17.7 Å². The van der Waals surface area contributed by atoms with Crippen LogP contribution in [0.15, 0.2) is 6.20 Å². The van der Waals surface area contributed by atoms with E-state index in [1.54, 1.807) is 0 Å². The van der Waals surface area contributed by atoms with Gasteiger partial charge in [-0.05, 0) is 6.42 Å². The van der Waals surface area contributed by atoms with Crippen LogP contribution in [0.3, 0.4) is 0 Å². The highest BCUT2D eigenvalue weighted by Gasteiger charge is 2.22. The van der Waals surface area contributed by atoms with Crippen LogP contribution in [0.25, 0.3) is 0 Å². The number of imidazole rings is 1. The van der Waals surface area contributed by atoms with Gasteiger partial charge in [0, 0.05) is 23.2 Å². The van der Waals surface area contributed by atoms with Gasteiger partial charge >= 0.3 is 0 Å². The summed E-state index contributed by atoms with van der Waals surface area (Å²) in [6.45, 7) is 11.2. The van der Waals surface area contributed by atoms with Crippen LogP contribution in [0.5, 0.6) is 0 Å². The van der Waals surface area contributed by atoms with Gasteiger partial charge in [0.15, 0.2) is 0 Å². The second-order valence-corrected chi connectivity index (χ2v) is 5.32. The summed E-state index contributed by atoms with van der Waals surface area (Å²) < 4.78 is 0. The van der Waals surface area contributed by atoms with Crippen LogP contribution in [0.2, 0.25) is 0 Å². The van der Waals surface area contributed by atoms with Crippen molar-refractivity contribution in [1.29, 1.82) is 0 Å². The van der Waals surface area contributed by atoms with Gasteiger partial charge in [0.05, 0.1) is 0 Å². The molecule has 0 aromatic carbocycles. The topological polar surface area (TPSA) is 28.7 Å². The summed E-state index contributed by atoms with van der Waals surface area (Å²) in [5.74, 6) is 1.59. The molecule has 0 radical (unpaired) electrons. The Morgan fingerprint density at radius 3 is 2.53 bits per heavy atom. The van der Waals surface area contributed by atoms with Gasteiger partial charge < -0.3 is 4.98 Å². The number of nitrogens with one attached hydrogen (secondary N) is 1. The number of hydrogen-bond donors (Lipinski definition) is 1. The summed E-state index contributed by atoms with van der Waals surface area (Å²) in [7, 11) is 0. The van der Waals surface area contributed by atoms with Crippen LogP contribution in [0, 0.1) is 0 Å². The number of rotatable bonds is 5. The van der Waals surface area contributed by atoms with Gasteiger partial charge in [-0.1, -0.05) is 47.5 Å². The van der Waals surface area contributed by atoms with Crippen molar-refractivity contribution in [3.8, 4) is 0 Å². The molecule has 0 amide bonds. The third kappa shape index (κ3) is 3.08. The Hall–Kier alpha value is -0.790. The molecule has 1 rings (SSSR count). The van der Waals surface area contributed by atoms with Gasteiger partial charge in [0.2, 0.25) is 0 Å². The van der Waals surface area contributed by atoms with Gasteiger partial charge in [0.25, 0.3) is 0 Å². The molecule has 1 aromatic heterocycles. The summed E-state index contributed by atoms with van der Waals surface area (Å²) in [5.41, 5.74) is 1.51. The summed E-state index contributed by atoms with van der Waals surface area (Å²) in [4.78, 5) is 7.89. The van der Waals surface area contributed by atoms with E-state index in [9.17, 15) is 0 Å². The zero-order chi connectivity index (χ0) is 11.5. The van der Waals surface area contributed by atoms with Crippen LogP contribution >= 0.6 is 0 Å². The van der Waals surface area contributed by atoms with Crippen molar-refractivity contribution in [1.82, 2.24) is 9.97 Å². The van der Waals surface area contributed by atoms with Crippen molar-refractivity contribution in [2.24, 2.45) is 0 Å². The number of hydrogen-bond acceptors (Lipinski definition) is 1. The Morgan fingerprint density at radius 1 is 1.40 bits per heavy atom. The van der Waals surface area contributed by atoms with Gasteiger partial charge in [0.1, 0.15) is 5.82 Å². The number of aromatic nitrogens is 2. The molecule has 1 aromatic rings. The Morgan fingerprint density at radius 2 is 2.07 bits per heavy atom. The lowest BCUT2D eigenvalue weighted by Gasteiger charge is -2.22. The third-order valence-corrected chi connectivity index (χ3v) is 3.03. The summed E-state index contributed by atoms with van der Waals surface area (Å²) in [5, 5.41) is 0. The summed E-state index contributed by atoms with van der Waals surface area (Å²) in [6, 6.07) is 0. The molecular formula is C13H24N2. The molecule has 1 heterocycles. The van der Waals surface area contributed by atoms with E-state index in [0.29, 0.717) is 5.92 Å². The van der Waals surface area contributed by atoms with E-state index in [1.165, 1.54) is 25.0 Å². The first kappa shape index (κ1) is 12.3. The van der Waals surface area contributed by atoms with E-state index < -0.39 is 0 Å². The number of nitrogens with zero attached hydrogens (tertiary/aromatic N) is 1. The second kappa shape index (κ2) is 4.82. The highest BCUT2D eigenvalue weighted by Crippen LogP contribution is 2.28. The minimum Gasteiger partial charge on any atom is -0.345 e. The van der Waals surface area contributed by atoms with Gasteiger partial charge in [-0.25, -0.2) is 4.98 Å². The van der Waals surface area contributed by atoms with Gasteiger partial charge in [-0.3, -0.25) is 0 Å². The minimum absolute atomic E-state index is 0.232. The SMILES string of the molecule is CCCCC(C)(C)c1cnc(C(C)C)[nH]1. The second-order valence-electron chi connectivity index (χ2n) is 5.32. The smallest absolute Gasteiger partial charge is 0.108 e. The van der Waals surface area contributed by atoms with Crippen molar-refractivity contribution in [3.63, 3.8) is 0 Å². The van der Waals surface area contributed by atoms with Gasteiger partial charge in [-0.15, -0.1) is 0 Å². The molecule has 0 aliphatic rings. The molecule has 0 saturated heterocycles. The normalized spacial score (nSPS) is 12.4. The number of H-pyrrole nitrogens is 1. The van der Waals surface area contributed by atoms with Crippen LogP contribution < -0.4 is 0 Å². The first-order chi connectivity index (χ1) is 6.97. The van der Waals surface area contributed by atoms with Crippen molar-refractivity contribution < 1.29 is 0 Å². The highest BCUT2D eigenvalue weighted by atomic mass is 14.9. The fourth-order valence-electron chi connectivity index (χ4n) is 1.73. The molecule has 0 unspecified atom stereocenters. The van der Waals surface area contributed by atoms with E-state index in [4.69, 9.17) is 0 Å². The molecule has 0 fully saturated rings. The lowest BCUT2D eigenvalue weighted by atomic mass is 9.84. The van der Waals surface area contributed by atoms with Gasteiger partial charge in [-0.2, -0.15) is 0 Å². The lowest BCUT2D eigenvalue weighted by molar-refractivity contribution is 0.446. The fourth-order valence-corrected chi connectivity index (χ4v) is 1.73. The maximum atomic E-state index is 4.43. The van der Waals surface area contributed by atoms with Crippen LogP contribution in [0.1, 0.15) is 71.3 Å². The maximum absolute atomic E-state index is 4.43. The highest BCUT2D eigenvalue weighted by molar-refractivity contribution is 5.14. The Bertz CT molecular complexity index is 297. The number of unbranched alkanes of at least 4 members (excludes halogenated alkanes) is 1. The van der Waals surface area contributed by atoms with E-state index in [2.05, 4.69) is 44.6 Å². The Kier molecular flexibility index (Phi) is 3.95. The predicted molar refractivity (Wildman–Crippen MR) is 65.2 cm³/mol. The van der Waals surface area contributed by atoms with Crippen molar-refractivity contribution in [2.75, 3.05) is 0 Å². The maximum Gasteiger partial charge on any atom is 0.108 e. The quantitative estimate of drug-likeness (QED) is 0.778. The molecule has 0 atom stereocenters. The first-order valence-electron chi connectivity index (χ1n) is 6.02. The molecule has 0 aliphatic heterocycles. The molecule has 0 saturated carbocycles. The Labute approximate surface area is 93.5 Å². The largest absolute Gasteiger partial charge is 0.345 e. The fraction of sp³-hybridized carbons (Fsp3) is 0.769. The van der Waals surface area contributed by atoms with Crippen molar-refractivity contribution in [2.45, 2.75) is 65.2 Å². The molecule has 86 valence electrons. The van der Waals surface area contributed by atoms with E-state index in [-0.39, 0.29) is 5.41 Å². The van der Waals surface area contributed by atoms with Crippen LogP contribution in [-0.4, -0.2) is 9.97 Å². The third-order valence-electron chi connectivity index (χ3n) is 3.03. The van der Waals surface area contributed by atoms with E-state index >= 15 is 0 Å². The molecule has 0 bridgehead atoms. The average molecular weight is 208 g/mol. The molecule has 0 spiro atoms. The zero-order valence-electron chi connectivity index (χ0n) is 10.7. The van der Waals surface area contributed by atoms with Crippen LogP contribution in [0.4, 0.5) is 0 Å². The monoisotopic (exact) mass is 208 g/mol. The lowest BCUT2D eigenvalue weighted by Crippen LogP contribution is -2.17.